The summed E-state index contributed by atoms with van der Waals surface area (Å²) in [6, 6.07) is 9.57. The maximum atomic E-state index is 10.4. The van der Waals surface area contributed by atoms with Gasteiger partial charge in [0, 0.05) is 5.92 Å². The molecule has 3 saturated heterocycles. The monoisotopic (exact) mass is 246 g/mol. The zero-order valence-corrected chi connectivity index (χ0v) is 9.94. The van der Waals surface area contributed by atoms with E-state index in [1.165, 1.54) is 0 Å². The first-order valence-corrected chi connectivity index (χ1v) is 6.48. The Morgan fingerprint density at radius 1 is 1.17 bits per heavy atom. The first-order chi connectivity index (χ1) is 8.83. The number of ether oxygens (including phenoxy) is 3. The van der Waals surface area contributed by atoms with Crippen molar-refractivity contribution in [3.05, 3.63) is 30.3 Å². The first-order valence-electron chi connectivity index (χ1n) is 6.48. The minimum atomic E-state index is -0.551. The van der Waals surface area contributed by atoms with Crippen LogP contribution in [0.25, 0.3) is 0 Å². The van der Waals surface area contributed by atoms with Gasteiger partial charge >= 0.3 is 6.92 Å². The lowest BCUT2D eigenvalue weighted by atomic mass is 9.49. The zero-order chi connectivity index (χ0) is 12.1. The van der Waals surface area contributed by atoms with Gasteiger partial charge in [-0.05, 0) is 11.9 Å². The molecule has 5 heteroatoms. The summed E-state index contributed by atoms with van der Waals surface area (Å²) >= 11 is 0. The Kier molecular flexibility index (Phi) is 2.48. The van der Waals surface area contributed by atoms with E-state index >= 15 is 0 Å². The van der Waals surface area contributed by atoms with Crippen molar-refractivity contribution in [1.82, 2.24) is 0 Å². The Morgan fingerprint density at radius 3 is 2.83 bits per heavy atom. The molecule has 0 aromatic heterocycles. The first kappa shape index (κ1) is 11.0. The molecule has 1 aromatic rings. The van der Waals surface area contributed by atoms with Gasteiger partial charge < -0.3 is 19.2 Å². The lowest BCUT2D eigenvalue weighted by molar-refractivity contribution is -0.276. The van der Waals surface area contributed by atoms with Crippen LogP contribution in [-0.4, -0.2) is 43.0 Å². The van der Waals surface area contributed by atoms with Crippen molar-refractivity contribution in [3.63, 3.8) is 0 Å². The third-order valence-electron chi connectivity index (χ3n) is 4.19. The predicted molar refractivity (Wildman–Crippen MR) is 65.4 cm³/mol. The van der Waals surface area contributed by atoms with Crippen LogP contribution in [0.15, 0.2) is 30.3 Å². The Labute approximate surface area is 106 Å². The van der Waals surface area contributed by atoms with Crippen LogP contribution in [0.2, 0.25) is 0 Å². The molecule has 18 heavy (non-hydrogen) atoms. The number of benzene rings is 1. The van der Waals surface area contributed by atoms with E-state index in [1.54, 1.807) is 0 Å². The highest BCUT2D eigenvalue weighted by Crippen LogP contribution is 2.44. The summed E-state index contributed by atoms with van der Waals surface area (Å²) in [5.41, 5.74) is 0.917. The van der Waals surface area contributed by atoms with Crippen molar-refractivity contribution in [3.8, 4) is 0 Å². The summed E-state index contributed by atoms with van der Waals surface area (Å²) in [6.45, 7) is 0.111. The molecule has 0 aliphatic carbocycles. The summed E-state index contributed by atoms with van der Waals surface area (Å²) in [6.07, 6.45) is 0.904. The largest absolute Gasteiger partial charge is 0.445 e. The molecule has 0 saturated carbocycles. The van der Waals surface area contributed by atoms with Crippen LogP contribution in [0.5, 0.6) is 0 Å². The van der Waals surface area contributed by atoms with Crippen molar-refractivity contribution in [1.29, 1.82) is 0 Å². The fraction of sp³-hybridized carbons (Fsp3) is 0.538. The van der Waals surface area contributed by atoms with Gasteiger partial charge in [-0.25, -0.2) is 0 Å². The maximum absolute atomic E-state index is 10.4. The maximum Gasteiger partial charge on any atom is 0.354 e. The molecule has 3 heterocycles. The standard InChI is InChI=1S/C13H15BO4/c15-14(8-4-2-1-3-5-8)12-10-6-9-7-16-13(17-9)11(10)18-12/h1-5,9-13,15H,6-7H2/t9-,10-,11+,12?,13-/m0/s1. The van der Waals surface area contributed by atoms with Crippen molar-refractivity contribution in [2.45, 2.75) is 30.9 Å². The van der Waals surface area contributed by atoms with Gasteiger partial charge in [-0.1, -0.05) is 30.3 Å². The number of rotatable bonds is 2. The lowest BCUT2D eigenvalue weighted by Crippen LogP contribution is -2.65. The second kappa shape index (κ2) is 4.06. The highest BCUT2D eigenvalue weighted by Gasteiger charge is 2.58. The van der Waals surface area contributed by atoms with E-state index in [0.717, 1.165) is 11.9 Å². The molecule has 2 bridgehead atoms. The molecule has 94 valence electrons. The molecule has 4 rings (SSSR count). The van der Waals surface area contributed by atoms with E-state index in [2.05, 4.69) is 0 Å². The molecule has 4 nitrogen and oxygen atoms in total. The zero-order valence-electron chi connectivity index (χ0n) is 9.94. The minimum Gasteiger partial charge on any atom is -0.445 e. The van der Waals surface area contributed by atoms with Gasteiger partial charge in [0.1, 0.15) is 6.10 Å². The summed E-state index contributed by atoms with van der Waals surface area (Å²) < 4.78 is 16.9. The smallest absolute Gasteiger partial charge is 0.354 e. The van der Waals surface area contributed by atoms with Crippen molar-refractivity contribution >= 4 is 12.4 Å². The molecule has 0 spiro atoms. The Hall–Kier alpha value is -0.875. The van der Waals surface area contributed by atoms with Crippen LogP contribution in [0.4, 0.5) is 0 Å². The molecular formula is C13H15BO4. The van der Waals surface area contributed by atoms with E-state index in [0.29, 0.717) is 12.5 Å². The highest BCUT2D eigenvalue weighted by atomic mass is 16.7. The number of hydrogen-bond donors (Lipinski definition) is 1. The van der Waals surface area contributed by atoms with Gasteiger partial charge in [-0.2, -0.15) is 0 Å². The van der Waals surface area contributed by atoms with E-state index in [4.69, 9.17) is 14.2 Å². The number of hydrogen-bond acceptors (Lipinski definition) is 4. The molecule has 5 atom stereocenters. The second-order valence-electron chi connectivity index (χ2n) is 5.28. The molecule has 3 aliphatic rings. The lowest BCUT2D eigenvalue weighted by Gasteiger charge is -2.50. The van der Waals surface area contributed by atoms with Crippen LogP contribution in [-0.2, 0) is 14.2 Å². The summed E-state index contributed by atoms with van der Waals surface area (Å²) in [5.74, 6) is 0.353. The fourth-order valence-corrected chi connectivity index (χ4v) is 3.23. The van der Waals surface area contributed by atoms with Gasteiger partial charge in [0.25, 0.3) is 0 Å². The highest BCUT2D eigenvalue weighted by molar-refractivity contribution is 6.67. The second-order valence-corrected chi connectivity index (χ2v) is 5.28. The van der Waals surface area contributed by atoms with Gasteiger partial charge in [0.05, 0.1) is 18.7 Å². The van der Waals surface area contributed by atoms with E-state index in [-0.39, 0.29) is 24.5 Å². The molecule has 1 aromatic carbocycles. The average Bonchev–Trinajstić information content (AvgIpc) is 2.79. The number of fused-ring (bicyclic) bond motifs is 4. The van der Waals surface area contributed by atoms with Crippen LogP contribution in [0.1, 0.15) is 6.42 Å². The van der Waals surface area contributed by atoms with Crippen LogP contribution in [0, 0.1) is 5.92 Å². The van der Waals surface area contributed by atoms with Crippen LogP contribution in [0.3, 0.4) is 0 Å². The fourth-order valence-electron chi connectivity index (χ4n) is 3.23. The summed E-state index contributed by atoms with van der Waals surface area (Å²) in [4.78, 5) is 0. The quantitative estimate of drug-likeness (QED) is 0.743. The SMILES string of the molecule is OB(c1ccccc1)C1O[C@H]2[C@H]3OC[C@H](C[C@H]12)O3. The van der Waals surface area contributed by atoms with Gasteiger partial charge in [-0.3, -0.25) is 0 Å². The van der Waals surface area contributed by atoms with Gasteiger partial charge in [-0.15, -0.1) is 0 Å². The predicted octanol–water partition coefficient (Wildman–Crippen LogP) is -0.0546. The summed E-state index contributed by atoms with van der Waals surface area (Å²) in [7, 11) is 0. The van der Waals surface area contributed by atoms with E-state index in [1.807, 2.05) is 30.3 Å². The minimum absolute atomic E-state index is 0.00659. The average molecular weight is 246 g/mol. The van der Waals surface area contributed by atoms with Gasteiger partial charge in [0.15, 0.2) is 6.29 Å². The van der Waals surface area contributed by atoms with Crippen molar-refractivity contribution < 1.29 is 19.2 Å². The molecule has 0 amide bonds. The Bertz CT molecular complexity index is 440. The normalized spacial score (nSPS) is 41.1. The third-order valence-corrected chi connectivity index (χ3v) is 4.19. The van der Waals surface area contributed by atoms with Crippen molar-refractivity contribution in [2.24, 2.45) is 5.92 Å². The van der Waals surface area contributed by atoms with Crippen molar-refractivity contribution in [2.75, 3.05) is 6.61 Å². The molecule has 3 fully saturated rings. The Morgan fingerprint density at radius 2 is 2.00 bits per heavy atom. The molecule has 1 unspecified atom stereocenters. The molecule has 0 radical (unpaired) electrons. The molecular weight excluding hydrogens is 231 g/mol. The topological polar surface area (TPSA) is 47.9 Å². The third kappa shape index (κ3) is 1.55. The van der Waals surface area contributed by atoms with E-state index < -0.39 is 6.92 Å². The summed E-state index contributed by atoms with van der Waals surface area (Å²) in [5, 5.41) is 10.4. The Balaban J connectivity index is 1.51. The van der Waals surface area contributed by atoms with Gasteiger partial charge in [0.2, 0.25) is 0 Å². The van der Waals surface area contributed by atoms with Crippen LogP contribution < -0.4 is 5.46 Å². The molecule has 3 aliphatic heterocycles. The van der Waals surface area contributed by atoms with E-state index in [9.17, 15) is 5.02 Å². The molecule has 1 N–H and O–H groups in total. The van der Waals surface area contributed by atoms with Crippen LogP contribution >= 0.6 is 0 Å².